The van der Waals surface area contributed by atoms with Crippen molar-refractivity contribution in [1.82, 2.24) is 5.32 Å². The van der Waals surface area contributed by atoms with Crippen LogP contribution in [0.1, 0.15) is 34.1 Å². The Labute approximate surface area is 90.7 Å². The fourth-order valence-electron chi connectivity index (χ4n) is 0.809. The Morgan fingerprint density at radius 3 is 2.20 bits per heavy atom. The minimum absolute atomic E-state index is 0.201. The van der Waals surface area contributed by atoms with Gasteiger partial charge in [-0.05, 0) is 6.42 Å². The summed E-state index contributed by atoms with van der Waals surface area (Å²) in [7, 11) is 1.29. The molecule has 0 radical (unpaired) electrons. The molecule has 15 heavy (non-hydrogen) atoms. The van der Waals surface area contributed by atoms with Crippen molar-refractivity contribution < 1.29 is 14.3 Å². The van der Waals surface area contributed by atoms with Crippen molar-refractivity contribution in [3.8, 4) is 0 Å². The summed E-state index contributed by atoms with van der Waals surface area (Å²) >= 11 is 0. The molecule has 0 spiro atoms. The van der Waals surface area contributed by atoms with E-state index in [1.165, 1.54) is 7.11 Å². The summed E-state index contributed by atoms with van der Waals surface area (Å²) in [5.41, 5.74) is -0.319. The molecule has 0 bridgehead atoms. The topological polar surface area (TPSA) is 55.4 Å². The molecule has 0 saturated carbocycles. The third-order valence-corrected chi connectivity index (χ3v) is 1.74. The molecule has 86 valence electrons. The number of carbonyl (C=O) groups is 2. The monoisotopic (exact) mass is 213 g/mol. The highest BCUT2D eigenvalue weighted by Gasteiger charge is 2.23. The van der Waals surface area contributed by atoms with Crippen LogP contribution in [0.2, 0.25) is 0 Å². The number of methoxy groups -OCH3 is 1. The number of nitrogens with one attached hydrogen (secondary N) is 1. The average molecular weight is 213 g/mol. The number of hydrogen-bond donors (Lipinski definition) is 1. The molecule has 0 aromatic carbocycles. The molecule has 4 nitrogen and oxygen atoms in total. The first-order chi connectivity index (χ1) is 6.82. The Morgan fingerprint density at radius 2 is 1.87 bits per heavy atom. The molecule has 0 heterocycles. The van der Waals surface area contributed by atoms with Gasteiger partial charge in [-0.3, -0.25) is 4.79 Å². The maximum Gasteiger partial charge on any atom is 0.354 e. The van der Waals surface area contributed by atoms with Crippen molar-refractivity contribution in [1.29, 1.82) is 0 Å². The molecule has 0 saturated heterocycles. The van der Waals surface area contributed by atoms with E-state index in [1.807, 2.05) is 6.92 Å². The van der Waals surface area contributed by atoms with Crippen LogP contribution >= 0.6 is 0 Å². The second kappa shape index (κ2) is 5.53. The normalized spacial score (nSPS) is 12.2. The summed E-state index contributed by atoms with van der Waals surface area (Å²) < 4.78 is 4.56. The van der Waals surface area contributed by atoms with Gasteiger partial charge in [0.25, 0.3) is 0 Å². The van der Waals surface area contributed by atoms with E-state index in [0.717, 1.165) is 0 Å². The molecule has 0 rings (SSSR count). The van der Waals surface area contributed by atoms with Gasteiger partial charge >= 0.3 is 5.97 Å². The predicted molar refractivity (Wildman–Crippen MR) is 58.0 cm³/mol. The van der Waals surface area contributed by atoms with Crippen LogP contribution in [0.25, 0.3) is 0 Å². The highest BCUT2D eigenvalue weighted by molar-refractivity contribution is 5.95. The summed E-state index contributed by atoms with van der Waals surface area (Å²) in [5.74, 6) is -0.720. The summed E-state index contributed by atoms with van der Waals surface area (Å²) in [6.07, 6.45) is 2.30. The first kappa shape index (κ1) is 13.7. The van der Waals surface area contributed by atoms with E-state index in [0.29, 0.717) is 6.42 Å². The van der Waals surface area contributed by atoms with Gasteiger partial charge in [0.1, 0.15) is 5.70 Å². The molecular formula is C11H19NO3. The fourth-order valence-corrected chi connectivity index (χ4v) is 0.809. The maximum atomic E-state index is 11.6. The number of allylic oxidation sites excluding steroid dienone is 1. The lowest BCUT2D eigenvalue weighted by Gasteiger charge is -2.18. The number of rotatable bonds is 3. The van der Waals surface area contributed by atoms with E-state index in [-0.39, 0.29) is 11.6 Å². The zero-order valence-corrected chi connectivity index (χ0v) is 10.0. The predicted octanol–water partition coefficient (Wildman–Crippen LogP) is 1.62. The van der Waals surface area contributed by atoms with Gasteiger partial charge in [-0.25, -0.2) is 4.79 Å². The Bertz CT molecular complexity index is 274. The summed E-state index contributed by atoms with van der Waals surface area (Å²) in [5, 5.41) is 2.56. The van der Waals surface area contributed by atoms with Gasteiger partial charge < -0.3 is 10.1 Å². The summed E-state index contributed by atoms with van der Waals surface area (Å²) in [4.78, 5) is 22.9. The van der Waals surface area contributed by atoms with Crippen LogP contribution in [0.4, 0.5) is 0 Å². The third-order valence-electron chi connectivity index (χ3n) is 1.74. The third kappa shape index (κ3) is 4.63. The Hall–Kier alpha value is -1.32. The van der Waals surface area contributed by atoms with Crippen molar-refractivity contribution in [2.24, 2.45) is 5.41 Å². The quantitative estimate of drug-likeness (QED) is 0.572. The van der Waals surface area contributed by atoms with E-state index in [4.69, 9.17) is 0 Å². The second-order valence-corrected chi connectivity index (χ2v) is 4.22. The van der Waals surface area contributed by atoms with Crippen LogP contribution in [0.3, 0.4) is 0 Å². The zero-order chi connectivity index (χ0) is 12.1. The zero-order valence-electron chi connectivity index (χ0n) is 10.0. The second-order valence-electron chi connectivity index (χ2n) is 4.22. The van der Waals surface area contributed by atoms with Gasteiger partial charge in [0.05, 0.1) is 7.11 Å². The van der Waals surface area contributed by atoms with Crippen molar-refractivity contribution in [3.05, 3.63) is 11.8 Å². The minimum Gasteiger partial charge on any atom is -0.464 e. The van der Waals surface area contributed by atoms with Crippen LogP contribution in [-0.2, 0) is 14.3 Å². The van der Waals surface area contributed by atoms with Crippen LogP contribution in [0, 0.1) is 5.41 Å². The molecule has 4 heteroatoms. The number of hydrogen-bond acceptors (Lipinski definition) is 3. The highest BCUT2D eigenvalue weighted by Crippen LogP contribution is 2.13. The van der Waals surface area contributed by atoms with Crippen LogP contribution in [0.15, 0.2) is 11.8 Å². The van der Waals surface area contributed by atoms with E-state index >= 15 is 0 Å². The smallest absolute Gasteiger partial charge is 0.354 e. The molecule has 0 unspecified atom stereocenters. The SMILES string of the molecule is CC/C=C(\NC(=O)C(C)(C)C)C(=O)OC. The lowest BCUT2D eigenvalue weighted by molar-refractivity contribution is -0.138. The molecule has 0 aliphatic rings. The van der Waals surface area contributed by atoms with E-state index in [2.05, 4.69) is 10.1 Å². The number of ether oxygens (including phenoxy) is 1. The van der Waals surface area contributed by atoms with E-state index in [9.17, 15) is 9.59 Å². The molecule has 0 aromatic rings. The standard InChI is InChI=1S/C11H19NO3/c1-6-7-8(9(13)15-5)12-10(14)11(2,3)4/h7H,6H2,1-5H3,(H,12,14)/b8-7-. The molecule has 0 aromatic heterocycles. The van der Waals surface area contributed by atoms with Crippen molar-refractivity contribution in [2.75, 3.05) is 7.11 Å². The molecule has 0 fully saturated rings. The summed E-state index contributed by atoms with van der Waals surface area (Å²) in [6.45, 7) is 7.22. The summed E-state index contributed by atoms with van der Waals surface area (Å²) in [6, 6.07) is 0. The lowest BCUT2D eigenvalue weighted by Crippen LogP contribution is -2.36. The molecule has 1 amide bonds. The number of carbonyl (C=O) groups excluding carboxylic acids is 2. The first-order valence-corrected chi connectivity index (χ1v) is 4.92. The number of amides is 1. The Balaban J connectivity index is 4.65. The van der Waals surface area contributed by atoms with Crippen molar-refractivity contribution in [2.45, 2.75) is 34.1 Å². The highest BCUT2D eigenvalue weighted by atomic mass is 16.5. The van der Waals surface area contributed by atoms with Crippen LogP contribution in [-0.4, -0.2) is 19.0 Å². The van der Waals surface area contributed by atoms with E-state index in [1.54, 1.807) is 26.8 Å². The van der Waals surface area contributed by atoms with Gasteiger partial charge in [-0.2, -0.15) is 0 Å². The minimum atomic E-state index is -0.527. The van der Waals surface area contributed by atoms with Crippen LogP contribution < -0.4 is 5.32 Å². The molecule has 0 aliphatic carbocycles. The van der Waals surface area contributed by atoms with Gasteiger partial charge in [-0.1, -0.05) is 33.8 Å². The average Bonchev–Trinajstić information content (AvgIpc) is 2.14. The maximum absolute atomic E-state index is 11.6. The van der Waals surface area contributed by atoms with Gasteiger partial charge in [0.2, 0.25) is 5.91 Å². The van der Waals surface area contributed by atoms with E-state index < -0.39 is 11.4 Å². The van der Waals surface area contributed by atoms with Gasteiger partial charge in [-0.15, -0.1) is 0 Å². The molecular weight excluding hydrogens is 194 g/mol. The first-order valence-electron chi connectivity index (χ1n) is 4.92. The van der Waals surface area contributed by atoms with Crippen molar-refractivity contribution >= 4 is 11.9 Å². The Morgan fingerprint density at radius 1 is 1.33 bits per heavy atom. The lowest BCUT2D eigenvalue weighted by atomic mass is 9.95. The molecule has 0 aliphatic heterocycles. The van der Waals surface area contributed by atoms with Gasteiger partial charge in [0, 0.05) is 5.41 Å². The fraction of sp³-hybridized carbons (Fsp3) is 0.636. The van der Waals surface area contributed by atoms with Crippen LogP contribution in [0.5, 0.6) is 0 Å². The number of esters is 1. The molecule has 1 N–H and O–H groups in total. The Kier molecular flexibility index (Phi) is 5.05. The van der Waals surface area contributed by atoms with Crippen molar-refractivity contribution in [3.63, 3.8) is 0 Å². The molecule has 0 atom stereocenters. The largest absolute Gasteiger partial charge is 0.464 e. The van der Waals surface area contributed by atoms with Gasteiger partial charge in [0.15, 0.2) is 0 Å².